The van der Waals surface area contributed by atoms with Crippen LogP contribution in [-0.2, 0) is 4.79 Å². The first kappa shape index (κ1) is 13.7. The lowest BCUT2D eigenvalue weighted by atomic mass is 10.4. The smallest absolute Gasteiger partial charge is 0.328 e. The van der Waals surface area contributed by atoms with Crippen LogP contribution in [0, 0.1) is 0 Å². The second kappa shape index (κ2) is 10.2. The Morgan fingerprint density at radius 3 is 1.92 bits per heavy atom. The highest BCUT2D eigenvalue weighted by Gasteiger charge is 1.78. The molecule has 12 heavy (non-hydrogen) atoms. The van der Waals surface area contributed by atoms with Crippen LogP contribution in [0.15, 0.2) is 24.3 Å². The molecule has 0 rings (SSSR count). The number of carboxylic acids is 1. The minimum atomic E-state index is -0.914. The largest absolute Gasteiger partial charge is 0.478 e. The molecule has 0 fully saturated rings. The maximum Gasteiger partial charge on any atom is 0.328 e. The first-order valence-electron chi connectivity index (χ1n) is 4.03. The summed E-state index contributed by atoms with van der Waals surface area (Å²) in [5, 5.41) is 8.02. The Hall–Kier alpha value is -0.833. The summed E-state index contributed by atoms with van der Waals surface area (Å²) in [5.74, 6) is -0.914. The average Bonchev–Trinajstić information content (AvgIpc) is 1.86. The third-order valence-electron chi connectivity index (χ3n) is 0.542. The van der Waals surface area contributed by atoms with Gasteiger partial charge in [0.1, 0.15) is 0 Å². The summed E-state index contributed by atoms with van der Waals surface area (Å²) in [4.78, 5) is 9.75. The van der Waals surface area contributed by atoms with E-state index in [4.69, 9.17) is 5.11 Å². The first-order chi connectivity index (χ1) is 5.50. The minimum absolute atomic E-state index is 0.139. The Kier molecular flexibility index (Phi) is 11.6. The molecule has 0 aromatic rings. The first-order valence-corrected chi connectivity index (χ1v) is 7.49. The van der Waals surface area contributed by atoms with Crippen molar-refractivity contribution in [3.05, 3.63) is 24.3 Å². The highest BCUT2D eigenvalue weighted by atomic mass is 28.3. The van der Waals surface area contributed by atoms with E-state index in [1.165, 1.54) is 6.08 Å². The van der Waals surface area contributed by atoms with Gasteiger partial charge in [-0.3, -0.25) is 0 Å². The summed E-state index contributed by atoms with van der Waals surface area (Å²) in [6.07, 6.45) is 5.98. The molecule has 0 spiro atoms. The van der Waals surface area contributed by atoms with Crippen LogP contribution >= 0.6 is 0 Å². The third-order valence-corrected chi connectivity index (χ3v) is 0.542. The van der Waals surface area contributed by atoms with Gasteiger partial charge in [0.05, 0.1) is 0 Å². The van der Waals surface area contributed by atoms with Crippen LogP contribution in [0.4, 0.5) is 0 Å². The standard InChI is InChI=1S/C6H8O2.C3H10Si/c1-2-3-4-5-6(7)8;1-4(2)3/h2-5H,1H3,(H,7,8);4H,1-3H3/b3-2+,5-4+;. The van der Waals surface area contributed by atoms with E-state index < -0.39 is 5.97 Å². The van der Waals surface area contributed by atoms with Crippen molar-refractivity contribution in [3.63, 3.8) is 0 Å². The number of rotatable bonds is 2. The van der Waals surface area contributed by atoms with Gasteiger partial charge in [0, 0.05) is 14.9 Å². The van der Waals surface area contributed by atoms with Crippen LogP contribution in [0.25, 0.3) is 0 Å². The molecule has 1 N–H and O–H groups in total. The average molecular weight is 186 g/mol. The van der Waals surface area contributed by atoms with E-state index in [9.17, 15) is 4.79 Å². The highest BCUT2D eigenvalue weighted by molar-refractivity contribution is 6.54. The Bertz CT molecular complexity index is 157. The summed E-state index contributed by atoms with van der Waals surface area (Å²) < 4.78 is 0. The zero-order valence-electron chi connectivity index (χ0n) is 8.24. The van der Waals surface area contributed by atoms with E-state index in [0.717, 1.165) is 6.08 Å². The molecule has 70 valence electrons. The van der Waals surface area contributed by atoms with Gasteiger partial charge >= 0.3 is 5.97 Å². The van der Waals surface area contributed by atoms with Crippen LogP contribution < -0.4 is 0 Å². The maximum absolute atomic E-state index is 9.75. The SMILES string of the molecule is C/C=C/C=C/C(=O)O.C[SiH](C)C. The lowest BCUT2D eigenvalue weighted by molar-refractivity contribution is -0.131. The van der Waals surface area contributed by atoms with Crippen LogP contribution in [0.3, 0.4) is 0 Å². The van der Waals surface area contributed by atoms with Crippen LogP contribution in [0.5, 0.6) is 0 Å². The Balaban J connectivity index is 0. The number of hydrogen-bond acceptors (Lipinski definition) is 1. The van der Waals surface area contributed by atoms with E-state index in [-0.39, 0.29) is 8.80 Å². The normalized spacial score (nSPS) is 10.4. The van der Waals surface area contributed by atoms with Crippen molar-refractivity contribution in [1.82, 2.24) is 0 Å². The van der Waals surface area contributed by atoms with Crippen LogP contribution in [-0.4, -0.2) is 19.9 Å². The number of carboxylic acid groups (broad SMARTS) is 1. The van der Waals surface area contributed by atoms with Crippen molar-refractivity contribution < 1.29 is 9.90 Å². The second-order valence-corrected chi connectivity index (χ2v) is 6.42. The summed E-state index contributed by atoms with van der Waals surface area (Å²) in [6, 6.07) is 0. The molecule has 0 aliphatic heterocycles. The molecule has 0 unspecified atom stereocenters. The zero-order chi connectivity index (χ0) is 9.98. The zero-order valence-corrected chi connectivity index (χ0v) is 9.40. The van der Waals surface area contributed by atoms with Gasteiger partial charge in [-0.25, -0.2) is 4.79 Å². The molecule has 2 nitrogen and oxygen atoms in total. The van der Waals surface area contributed by atoms with Gasteiger partial charge in [-0.1, -0.05) is 37.9 Å². The predicted molar refractivity (Wildman–Crippen MR) is 56.3 cm³/mol. The molecular formula is C9H18O2Si. The molecule has 0 saturated heterocycles. The van der Waals surface area contributed by atoms with Crippen molar-refractivity contribution in [3.8, 4) is 0 Å². The van der Waals surface area contributed by atoms with Gasteiger partial charge in [-0.2, -0.15) is 0 Å². The number of carbonyl (C=O) groups is 1. The Morgan fingerprint density at radius 2 is 1.67 bits per heavy atom. The van der Waals surface area contributed by atoms with Gasteiger partial charge in [-0.15, -0.1) is 0 Å². The monoisotopic (exact) mass is 186 g/mol. The minimum Gasteiger partial charge on any atom is -0.478 e. The topological polar surface area (TPSA) is 37.3 Å². The van der Waals surface area contributed by atoms with Gasteiger partial charge in [0.15, 0.2) is 0 Å². The molecule has 0 heterocycles. The lowest BCUT2D eigenvalue weighted by Crippen LogP contribution is -1.84. The maximum atomic E-state index is 9.75. The van der Waals surface area contributed by atoms with Gasteiger partial charge in [0.2, 0.25) is 0 Å². The van der Waals surface area contributed by atoms with E-state index in [2.05, 4.69) is 19.6 Å². The van der Waals surface area contributed by atoms with Crippen molar-refractivity contribution in [2.24, 2.45) is 0 Å². The summed E-state index contributed by atoms with van der Waals surface area (Å²) in [7, 11) is -0.139. The van der Waals surface area contributed by atoms with Gasteiger partial charge < -0.3 is 5.11 Å². The fraction of sp³-hybridized carbons (Fsp3) is 0.444. The molecule has 0 aliphatic carbocycles. The van der Waals surface area contributed by atoms with Crippen LogP contribution in [0.1, 0.15) is 6.92 Å². The van der Waals surface area contributed by atoms with Crippen molar-refractivity contribution in [2.75, 3.05) is 0 Å². The third kappa shape index (κ3) is 35.2. The van der Waals surface area contributed by atoms with E-state index in [1.54, 1.807) is 12.2 Å². The Morgan fingerprint density at radius 1 is 1.25 bits per heavy atom. The summed E-state index contributed by atoms with van der Waals surface area (Å²) in [5.41, 5.74) is 0. The molecule has 3 heteroatoms. The molecule has 0 atom stereocenters. The number of hydrogen-bond donors (Lipinski definition) is 1. The second-order valence-electron chi connectivity index (χ2n) is 2.96. The fourth-order valence-electron chi connectivity index (χ4n) is 0.249. The van der Waals surface area contributed by atoms with Crippen LogP contribution in [0.2, 0.25) is 19.6 Å². The van der Waals surface area contributed by atoms with Crippen molar-refractivity contribution in [2.45, 2.75) is 26.6 Å². The van der Waals surface area contributed by atoms with E-state index in [1.807, 2.05) is 6.92 Å². The molecule has 0 aromatic carbocycles. The van der Waals surface area contributed by atoms with E-state index in [0.29, 0.717) is 0 Å². The summed E-state index contributed by atoms with van der Waals surface area (Å²) in [6.45, 7) is 8.74. The molecule has 0 aromatic heterocycles. The molecule has 0 amide bonds. The Labute approximate surface area is 76.2 Å². The fourth-order valence-corrected chi connectivity index (χ4v) is 0.249. The van der Waals surface area contributed by atoms with Gasteiger partial charge in [-0.05, 0) is 6.92 Å². The molecule has 0 radical (unpaired) electrons. The number of allylic oxidation sites excluding steroid dienone is 3. The highest BCUT2D eigenvalue weighted by Crippen LogP contribution is 1.74. The van der Waals surface area contributed by atoms with Crippen molar-refractivity contribution >= 4 is 14.8 Å². The molecular weight excluding hydrogens is 168 g/mol. The molecule has 0 saturated carbocycles. The molecule has 0 aliphatic rings. The predicted octanol–water partition coefficient (Wildman–Crippen LogP) is 2.31. The quantitative estimate of drug-likeness (QED) is 0.408. The lowest BCUT2D eigenvalue weighted by Gasteiger charge is -1.75. The van der Waals surface area contributed by atoms with Crippen molar-refractivity contribution in [1.29, 1.82) is 0 Å². The molecule has 0 bridgehead atoms. The van der Waals surface area contributed by atoms with Gasteiger partial charge in [0.25, 0.3) is 0 Å². The van der Waals surface area contributed by atoms with E-state index >= 15 is 0 Å². The summed E-state index contributed by atoms with van der Waals surface area (Å²) >= 11 is 0. The number of aliphatic carboxylic acids is 1.